The van der Waals surface area contributed by atoms with E-state index < -0.39 is 34.7 Å². The summed E-state index contributed by atoms with van der Waals surface area (Å²) < 4.78 is 57.2. The summed E-state index contributed by atoms with van der Waals surface area (Å²) in [6.45, 7) is 0.107. The molecule has 204 valence electrons. The monoisotopic (exact) mass is 601 g/mol. The maximum Gasteiger partial charge on any atom is 0.254 e. The van der Waals surface area contributed by atoms with E-state index in [-0.39, 0.29) is 25.1 Å². The van der Waals surface area contributed by atoms with Crippen LogP contribution in [0.15, 0.2) is 59.2 Å². The Hall–Kier alpha value is -3.53. The number of nitrogens with zero attached hydrogens (tertiary/aromatic N) is 2. The molecule has 0 bridgehead atoms. The third-order valence-electron chi connectivity index (χ3n) is 7.13. The van der Waals surface area contributed by atoms with Crippen LogP contribution in [0.4, 0.5) is 13.2 Å². The Balaban J connectivity index is 1.16. The Morgan fingerprint density at radius 2 is 1.79 bits per heavy atom. The topological polar surface area (TPSA) is 65.4 Å². The summed E-state index contributed by atoms with van der Waals surface area (Å²) in [6, 6.07) is 13.6. The van der Waals surface area contributed by atoms with Crippen molar-refractivity contribution in [2.24, 2.45) is 5.92 Å². The van der Waals surface area contributed by atoms with E-state index in [2.05, 4.69) is 21.2 Å². The molecular weight excluding hydrogens is 575 g/mol. The van der Waals surface area contributed by atoms with Gasteiger partial charge in [-0.05, 0) is 67.5 Å². The van der Waals surface area contributed by atoms with Gasteiger partial charge in [-0.2, -0.15) is 9.49 Å². The van der Waals surface area contributed by atoms with Crippen molar-refractivity contribution in [3.8, 4) is 11.5 Å². The molecule has 1 N–H and O–H groups in total. The predicted molar refractivity (Wildman–Crippen MR) is 144 cm³/mol. The molecule has 1 amide bonds. The van der Waals surface area contributed by atoms with Crippen LogP contribution in [0.5, 0.6) is 11.5 Å². The highest BCUT2D eigenvalue weighted by molar-refractivity contribution is 9.10. The van der Waals surface area contributed by atoms with E-state index in [0.29, 0.717) is 17.4 Å². The molecule has 0 radical (unpaired) electrons. The van der Waals surface area contributed by atoms with Crippen LogP contribution in [0.25, 0.3) is 10.9 Å². The maximum absolute atomic E-state index is 14.7. The molecule has 5 rings (SSSR count). The fraction of sp³-hybridized carbons (Fsp3) is 0.310. The van der Waals surface area contributed by atoms with Crippen molar-refractivity contribution in [3.05, 3.63) is 87.8 Å². The molecule has 1 fully saturated rings. The average Bonchev–Trinajstić information content (AvgIpc) is 3.37. The van der Waals surface area contributed by atoms with Crippen molar-refractivity contribution in [1.82, 2.24) is 15.1 Å². The van der Waals surface area contributed by atoms with Crippen LogP contribution in [0.2, 0.25) is 0 Å². The minimum absolute atomic E-state index is 0.175. The lowest BCUT2D eigenvalue weighted by molar-refractivity contribution is 0.0935. The molecule has 0 saturated heterocycles. The highest BCUT2D eigenvalue weighted by Gasteiger charge is 2.27. The van der Waals surface area contributed by atoms with Gasteiger partial charge in [0.05, 0.1) is 24.2 Å². The second-order valence-electron chi connectivity index (χ2n) is 9.70. The standard InChI is InChI=1S/C29H27BrF3N3O3/c1-38-22-10-4-18(5-11-22)16-39-28-24(31)13-23(26(32)27(28)33)29(37)34-14-17-2-8-21(9-3-17)36-15-19-6-7-20(30)12-25(19)35-36/h4-7,10-13,15,17,21H,2-3,8-9,14,16H2,1H3,(H,34,37)/t17-,21-. The third kappa shape index (κ3) is 6.06. The van der Waals surface area contributed by atoms with Crippen LogP contribution >= 0.6 is 15.9 Å². The summed E-state index contributed by atoms with van der Waals surface area (Å²) in [4.78, 5) is 12.6. The first-order chi connectivity index (χ1) is 18.8. The number of hydrogen-bond acceptors (Lipinski definition) is 4. The van der Waals surface area contributed by atoms with Gasteiger partial charge in [0.2, 0.25) is 5.82 Å². The van der Waals surface area contributed by atoms with E-state index in [4.69, 9.17) is 14.6 Å². The Morgan fingerprint density at radius 1 is 1.05 bits per heavy atom. The average molecular weight is 602 g/mol. The number of carbonyl (C=O) groups is 1. The fourth-order valence-electron chi connectivity index (χ4n) is 4.89. The number of benzene rings is 3. The lowest BCUT2D eigenvalue weighted by atomic mass is 9.86. The van der Waals surface area contributed by atoms with E-state index >= 15 is 0 Å². The van der Waals surface area contributed by atoms with Gasteiger partial charge in [-0.1, -0.05) is 34.1 Å². The molecule has 0 atom stereocenters. The smallest absolute Gasteiger partial charge is 0.254 e. The second kappa shape index (κ2) is 11.7. The molecule has 4 aromatic rings. The van der Waals surface area contributed by atoms with Gasteiger partial charge in [0.25, 0.3) is 5.91 Å². The number of nitrogens with one attached hydrogen (secondary N) is 1. The number of hydrogen-bond donors (Lipinski definition) is 1. The van der Waals surface area contributed by atoms with Gasteiger partial charge < -0.3 is 14.8 Å². The van der Waals surface area contributed by atoms with E-state index in [1.807, 2.05) is 29.1 Å². The summed E-state index contributed by atoms with van der Waals surface area (Å²) in [5.74, 6) is -5.06. The summed E-state index contributed by atoms with van der Waals surface area (Å²) in [7, 11) is 1.52. The Kier molecular flexibility index (Phi) is 8.11. The van der Waals surface area contributed by atoms with Crippen LogP contribution in [0, 0.1) is 23.4 Å². The molecular formula is C29H27BrF3N3O3. The summed E-state index contributed by atoms with van der Waals surface area (Å²) in [5.41, 5.74) is 0.850. The molecule has 0 spiro atoms. The van der Waals surface area contributed by atoms with Gasteiger partial charge in [-0.3, -0.25) is 9.48 Å². The molecule has 0 aliphatic heterocycles. The van der Waals surface area contributed by atoms with E-state index in [0.717, 1.165) is 41.1 Å². The molecule has 10 heteroatoms. The zero-order valence-electron chi connectivity index (χ0n) is 21.2. The first-order valence-corrected chi connectivity index (χ1v) is 13.5. The summed E-state index contributed by atoms with van der Waals surface area (Å²) in [6.07, 6.45) is 5.49. The van der Waals surface area contributed by atoms with Crippen LogP contribution in [-0.4, -0.2) is 29.3 Å². The number of halogens is 4. The van der Waals surface area contributed by atoms with Gasteiger partial charge >= 0.3 is 0 Å². The highest BCUT2D eigenvalue weighted by atomic mass is 79.9. The normalized spacial score (nSPS) is 17.3. The molecule has 3 aromatic carbocycles. The third-order valence-corrected chi connectivity index (χ3v) is 7.63. The molecule has 1 aromatic heterocycles. The zero-order chi connectivity index (χ0) is 27.5. The second-order valence-corrected chi connectivity index (χ2v) is 10.6. The van der Waals surface area contributed by atoms with Crippen molar-refractivity contribution in [1.29, 1.82) is 0 Å². The van der Waals surface area contributed by atoms with Gasteiger partial charge in [0, 0.05) is 22.6 Å². The summed E-state index contributed by atoms with van der Waals surface area (Å²) >= 11 is 3.47. The number of amides is 1. The molecule has 1 saturated carbocycles. The number of fused-ring (bicyclic) bond motifs is 1. The lowest BCUT2D eigenvalue weighted by Crippen LogP contribution is -2.32. The first kappa shape index (κ1) is 27.1. The molecule has 6 nitrogen and oxygen atoms in total. The molecule has 1 aliphatic carbocycles. The number of rotatable bonds is 8. The number of aromatic nitrogens is 2. The predicted octanol–water partition coefficient (Wildman–Crippen LogP) is 6.97. The minimum atomic E-state index is -1.53. The fourth-order valence-corrected chi connectivity index (χ4v) is 5.24. The van der Waals surface area contributed by atoms with Crippen LogP contribution < -0.4 is 14.8 Å². The highest BCUT2D eigenvalue weighted by Crippen LogP contribution is 2.33. The van der Waals surface area contributed by atoms with Gasteiger partial charge in [0.1, 0.15) is 12.4 Å². The van der Waals surface area contributed by atoms with Crippen molar-refractivity contribution < 1.29 is 27.4 Å². The van der Waals surface area contributed by atoms with Gasteiger partial charge in [-0.15, -0.1) is 0 Å². The lowest BCUT2D eigenvalue weighted by Gasteiger charge is -2.28. The Bertz CT molecular complexity index is 1480. The number of methoxy groups -OCH3 is 1. The minimum Gasteiger partial charge on any atom is -0.497 e. The summed E-state index contributed by atoms with van der Waals surface area (Å²) in [5, 5.41) is 8.41. The van der Waals surface area contributed by atoms with Gasteiger partial charge in [0.15, 0.2) is 17.4 Å². The quantitative estimate of drug-likeness (QED) is 0.222. The van der Waals surface area contributed by atoms with Crippen molar-refractivity contribution in [2.45, 2.75) is 38.3 Å². The van der Waals surface area contributed by atoms with E-state index in [9.17, 15) is 18.0 Å². The van der Waals surface area contributed by atoms with Crippen molar-refractivity contribution in [3.63, 3.8) is 0 Å². The van der Waals surface area contributed by atoms with Crippen LogP contribution in [0.3, 0.4) is 0 Å². The zero-order valence-corrected chi connectivity index (χ0v) is 22.8. The van der Waals surface area contributed by atoms with Crippen LogP contribution in [-0.2, 0) is 6.61 Å². The molecule has 0 unspecified atom stereocenters. The molecule has 1 heterocycles. The Morgan fingerprint density at radius 3 is 2.51 bits per heavy atom. The Labute approximate surface area is 232 Å². The molecule has 1 aliphatic rings. The number of ether oxygens (including phenoxy) is 2. The van der Waals surface area contributed by atoms with Crippen LogP contribution in [0.1, 0.15) is 47.6 Å². The largest absolute Gasteiger partial charge is 0.497 e. The first-order valence-electron chi connectivity index (χ1n) is 12.7. The SMILES string of the molecule is COc1ccc(COc2c(F)cc(C(=O)NC[C@H]3CC[C@H](n4cc5ccc(Br)cc5n4)CC3)c(F)c2F)cc1. The van der Waals surface area contributed by atoms with Crippen molar-refractivity contribution in [2.75, 3.05) is 13.7 Å². The van der Waals surface area contributed by atoms with Gasteiger partial charge in [-0.25, -0.2) is 8.78 Å². The maximum atomic E-state index is 14.7. The number of carbonyl (C=O) groups excluding carboxylic acids is 1. The van der Waals surface area contributed by atoms with E-state index in [1.54, 1.807) is 24.3 Å². The molecule has 39 heavy (non-hydrogen) atoms. The van der Waals surface area contributed by atoms with Crippen molar-refractivity contribution >= 4 is 32.7 Å². The van der Waals surface area contributed by atoms with E-state index in [1.165, 1.54) is 7.11 Å².